The minimum absolute atomic E-state index is 0.226. The molecule has 1 atom stereocenters. The maximum atomic E-state index is 12.7. The second-order valence-electron chi connectivity index (χ2n) is 6.41. The van der Waals surface area contributed by atoms with Crippen molar-refractivity contribution in [3.63, 3.8) is 0 Å². The highest BCUT2D eigenvalue weighted by atomic mass is 16.5. The Kier molecular flexibility index (Phi) is 4.19. The zero-order chi connectivity index (χ0) is 19.0. The van der Waals surface area contributed by atoms with Crippen LogP contribution in [0.5, 0.6) is 0 Å². The molecule has 1 unspecified atom stereocenters. The van der Waals surface area contributed by atoms with Crippen molar-refractivity contribution in [2.45, 2.75) is 26.4 Å². The van der Waals surface area contributed by atoms with Crippen molar-refractivity contribution >= 4 is 16.9 Å². The lowest BCUT2D eigenvalue weighted by atomic mass is 10.2. The van der Waals surface area contributed by atoms with Gasteiger partial charge in [-0.2, -0.15) is 10.1 Å². The Bertz CT molecular complexity index is 1090. The fourth-order valence-corrected chi connectivity index (χ4v) is 2.88. The Morgan fingerprint density at radius 3 is 2.96 bits per heavy atom. The Labute approximate surface area is 155 Å². The third-order valence-corrected chi connectivity index (χ3v) is 4.52. The van der Waals surface area contributed by atoms with Crippen LogP contribution in [0, 0.1) is 6.92 Å². The number of aromatic amines is 1. The first-order valence-electron chi connectivity index (χ1n) is 8.54. The average Bonchev–Trinajstić information content (AvgIpc) is 3.41. The fraction of sp³-hybridized carbons (Fsp3) is 0.278. The van der Waals surface area contributed by atoms with Crippen LogP contribution in [0.1, 0.15) is 40.9 Å². The molecule has 0 aliphatic carbocycles. The number of hydrogen-bond acceptors (Lipinski definition) is 6. The molecule has 0 spiro atoms. The van der Waals surface area contributed by atoms with E-state index in [1.54, 1.807) is 26.4 Å². The topological polar surface area (TPSA) is 106 Å². The Hall–Kier alpha value is -3.49. The molecular weight excluding hydrogens is 346 g/mol. The van der Waals surface area contributed by atoms with E-state index in [0.717, 1.165) is 16.7 Å². The van der Waals surface area contributed by atoms with E-state index in [-0.39, 0.29) is 11.9 Å². The van der Waals surface area contributed by atoms with E-state index >= 15 is 0 Å². The van der Waals surface area contributed by atoms with Crippen LogP contribution in [0.4, 0.5) is 0 Å². The van der Waals surface area contributed by atoms with Crippen LogP contribution < -0.4 is 0 Å². The Morgan fingerprint density at radius 2 is 2.19 bits per heavy atom. The summed E-state index contributed by atoms with van der Waals surface area (Å²) in [6.45, 7) is 4.11. The minimum Gasteiger partial charge on any atom is -0.337 e. The number of H-pyrrole nitrogens is 1. The van der Waals surface area contributed by atoms with Gasteiger partial charge in [0, 0.05) is 7.05 Å². The molecule has 0 saturated carbocycles. The van der Waals surface area contributed by atoms with Gasteiger partial charge in [-0.1, -0.05) is 17.3 Å². The van der Waals surface area contributed by atoms with Crippen molar-refractivity contribution in [2.24, 2.45) is 0 Å². The maximum absolute atomic E-state index is 12.7. The number of para-hydroxylation sites is 2. The van der Waals surface area contributed by atoms with E-state index in [1.165, 1.54) is 4.90 Å². The standard InChI is InChI=1S/C18H19N7O2/c1-11(17-20-12(2)23-27-17)24(3)18(26)15-8-13(21-22-15)9-25-10-19-14-6-4-5-7-16(14)25/h4-8,10-11H,9H2,1-3H3,(H,21,22). The van der Waals surface area contributed by atoms with Gasteiger partial charge in [-0.15, -0.1) is 0 Å². The SMILES string of the molecule is Cc1noc(C(C)N(C)C(=O)c2cc(Cn3cnc4ccccc43)[nH]n2)n1. The van der Waals surface area contributed by atoms with Crippen molar-refractivity contribution < 1.29 is 9.32 Å². The number of fused-ring (bicyclic) bond motifs is 1. The van der Waals surface area contributed by atoms with Crippen molar-refractivity contribution in [3.8, 4) is 0 Å². The van der Waals surface area contributed by atoms with Crippen molar-refractivity contribution in [3.05, 3.63) is 59.8 Å². The molecule has 1 amide bonds. The summed E-state index contributed by atoms with van der Waals surface area (Å²) < 4.78 is 7.16. The molecule has 1 aromatic carbocycles. The highest BCUT2D eigenvalue weighted by Crippen LogP contribution is 2.19. The predicted molar refractivity (Wildman–Crippen MR) is 97.0 cm³/mol. The van der Waals surface area contributed by atoms with Gasteiger partial charge in [0.1, 0.15) is 11.7 Å². The summed E-state index contributed by atoms with van der Waals surface area (Å²) in [6, 6.07) is 9.29. The van der Waals surface area contributed by atoms with Gasteiger partial charge in [0.15, 0.2) is 5.82 Å². The quantitative estimate of drug-likeness (QED) is 0.582. The van der Waals surface area contributed by atoms with E-state index in [2.05, 4.69) is 25.3 Å². The molecule has 0 aliphatic rings. The molecule has 27 heavy (non-hydrogen) atoms. The van der Waals surface area contributed by atoms with Crippen LogP contribution in [-0.4, -0.2) is 47.7 Å². The molecule has 0 radical (unpaired) electrons. The number of rotatable bonds is 5. The molecule has 3 heterocycles. The second kappa shape index (κ2) is 6.67. The van der Waals surface area contributed by atoms with Crippen LogP contribution in [0.3, 0.4) is 0 Å². The van der Waals surface area contributed by atoms with Gasteiger partial charge in [0.25, 0.3) is 5.91 Å². The average molecular weight is 365 g/mol. The van der Waals surface area contributed by atoms with E-state index in [9.17, 15) is 4.79 Å². The van der Waals surface area contributed by atoms with Gasteiger partial charge >= 0.3 is 0 Å². The molecule has 9 heteroatoms. The van der Waals surface area contributed by atoms with E-state index in [1.807, 2.05) is 35.8 Å². The molecule has 0 aliphatic heterocycles. The first kappa shape index (κ1) is 17.0. The van der Waals surface area contributed by atoms with Gasteiger partial charge in [0.2, 0.25) is 5.89 Å². The maximum Gasteiger partial charge on any atom is 0.274 e. The van der Waals surface area contributed by atoms with Crippen LogP contribution in [-0.2, 0) is 6.54 Å². The molecule has 0 bridgehead atoms. The molecule has 3 aromatic heterocycles. The number of carbonyl (C=O) groups is 1. The monoisotopic (exact) mass is 365 g/mol. The van der Waals surface area contributed by atoms with Crippen LogP contribution in [0.25, 0.3) is 11.0 Å². The molecule has 0 fully saturated rings. The third-order valence-electron chi connectivity index (χ3n) is 4.52. The Morgan fingerprint density at radius 1 is 1.37 bits per heavy atom. The van der Waals surface area contributed by atoms with Crippen LogP contribution in [0.2, 0.25) is 0 Å². The highest BCUT2D eigenvalue weighted by Gasteiger charge is 2.25. The van der Waals surface area contributed by atoms with E-state index in [0.29, 0.717) is 24.0 Å². The molecule has 9 nitrogen and oxygen atoms in total. The molecular formula is C18H19N7O2. The van der Waals surface area contributed by atoms with Crippen molar-refractivity contribution in [2.75, 3.05) is 7.05 Å². The first-order chi connectivity index (χ1) is 13.0. The molecule has 4 rings (SSSR count). The highest BCUT2D eigenvalue weighted by molar-refractivity contribution is 5.92. The van der Waals surface area contributed by atoms with Gasteiger partial charge < -0.3 is 14.0 Å². The summed E-state index contributed by atoms with van der Waals surface area (Å²) in [4.78, 5) is 22.8. The number of carbonyl (C=O) groups excluding carboxylic acids is 1. The lowest BCUT2D eigenvalue weighted by Gasteiger charge is -2.20. The molecule has 138 valence electrons. The van der Waals surface area contributed by atoms with E-state index < -0.39 is 0 Å². The number of aryl methyl sites for hydroxylation is 1. The largest absolute Gasteiger partial charge is 0.337 e. The van der Waals surface area contributed by atoms with Gasteiger partial charge in [-0.3, -0.25) is 9.89 Å². The summed E-state index contributed by atoms with van der Waals surface area (Å²) in [5, 5.41) is 10.9. The van der Waals surface area contributed by atoms with Gasteiger partial charge in [-0.05, 0) is 32.0 Å². The fourth-order valence-electron chi connectivity index (χ4n) is 2.88. The lowest BCUT2D eigenvalue weighted by Crippen LogP contribution is -2.30. The van der Waals surface area contributed by atoms with Crippen LogP contribution in [0.15, 0.2) is 41.2 Å². The van der Waals surface area contributed by atoms with Gasteiger partial charge in [0.05, 0.1) is 29.6 Å². The minimum atomic E-state index is -0.351. The number of hydrogen-bond donors (Lipinski definition) is 1. The summed E-state index contributed by atoms with van der Waals surface area (Å²) in [6.07, 6.45) is 1.78. The molecule has 0 saturated heterocycles. The summed E-state index contributed by atoms with van der Waals surface area (Å²) in [7, 11) is 1.68. The summed E-state index contributed by atoms with van der Waals surface area (Å²) >= 11 is 0. The Balaban J connectivity index is 1.50. The molecule has 4 aromatic rings. The summed E-state index contributed by atoms with van der Waals surface area (Å²) in [5.41, 5.74) is 3.10. The lowest BCUT2D eigenvalue weighted by molar-refractivity contribution is 0.0710. The van der Waals surface area contributed by atoms with Crippen molar-refractivity contribution in [1.82, 2.24) is 34.8 Å². The zero-order valence-corrected chi connectivity index (χ0v) is 15.2. The number of amides is 1. The predicted octanol–water partition coefficient (Wildman–Crippen LogP) is 2.33. The number of imidazole rings is 1. The van der Waals surface area contributed by atoms with Crippen LogP contribution >= 0.6 is 0 Å². The van der Waals surface area contributed by atoms with Gasteiger partial charge in [-0.25, -0.2) is 4.98 Å². The number of aromatic nitrogens is 6. The normalized spacial score (nSPS) is 12.4. The summed E-state index contributed by atoms with van der Waals surface area (Å²) in [5.74, 6) is 0.702. The number of nitrogens with one attached hydrogen (secondary N) is 1. The number of nitrogens with zero attached hydrogens (tertiary/aromatic N) is 6. The van der Waals surface area contributed by atoms with E-state index in [4.69, 9.17) is 4.52 Å². The smallest absolute Gasteiger partial charge is 0.274 e. The molecule has 1 N–H and O–H groups in total. The first-order valence-corrected chi connectivity index (χ1v) is 8.54. The zero-order valence-electron chi connectivity index (χ0n) is 15.2. The van der Waals surface area contributed by atoms with Crippen molar-refractivity contribution in [1.29, 1.82) is 0 Å². The third kappa shape index (κ3) is 3.19. The second-order valence-corrected chi connectivity index (χ2v) is 6.41. The number of benzene rings is 1.